The van der Waals surface area contributed by atoms with Crippen molar-refractivity contribution >= 4 is 34.1 Å². The molecule has 1 unspecified atom stereocenters. The van der Waals surface area contributed by atoms with Crippen LogP contribution in [0.2, 0.25) is 0 Å². The SMILES string of the molecule is CSc1c(N)nsc1N1CCC(c2ccccc2)C1. The van der Waals surface area contributed by atoms with Gasteiger partial charge in [-0.05, 0) is 29.8 Å². The minimum Gasteiger partial charge on any atom is -0.382 e. The fraction of sp³-hybridized carbons (Fsp3) is 0.357. The largest absolute Gasteiger partial charge is 0.382 e. The van der Waals surface area contributed by atoms with Crippen LogP contribution < -0.4 is 10.6 Å². The molecule has 0 spiro atoms. The lowest BCUT2D eigenvalue weighted by atomic mass is 9.99. The van der Waals surface area contributed by atoms with Crippen LogP contribution in [0.5, 0.6) is 0 Å². The molecule has 0 saturated carbocycles. The number of anilines is 2. The fourth-order valence-corrected chi connectivity index (χ4v) is 4.34. The Balaban J connectivity index is 1.79. The molecule has 0 radical (unpaired) electrons. The Bertz CT molecular complexity index is 553. The maximum Gasteiger partial charge on any atom is 0.153 e. The van der Waals surface area contributed by atoms with Gasteiger partial charge in [0.25, 0.3) is 0 Å². The van der Waals surface area contributed by atoms with Crippen molar-refractivity contribution in [1.82, 2.24) is 4.37 Å². The Hall–Kier alpha value is -1.20. The van der Waals surface area contributed by atoms with Crippen molar-refractivity contribution in [1.29, 1.82) is 0 Å². The summed E-state index contributed by atoms with van der Waals surface area (Å²) in [6.45, 7) is 2.16. The average Bonchev–Trinajstić information content (AvgIpc) is 3.06. The molecule has 1 aliphatic heterocycles. The van der Waals surface area contributed by atoms with Crippen LogP contribution in [0.1, 0.15) is 17.9 Å². The van der Waals surface area contributed by atoms with E-state index in [4.69, 9.17) is 5.73 Å². The summed E-state index contributed by atoms with van der Waals surface area (Å²) in [7, 11) is 0. The lowest BCUT2D eigenvalue weighted by Gasteiger charge is -2.17. The van der Waals surface area contributed by atoms with Gasteiger partial charge in [-0.25, -0.2) is 0 Å². The molecule has 2 N–H and O–H groups in total. The Labute approximate surface area is 122 Å². The molecule has 3 rings (SSSR count). The van der Waals surface area contributed by atoms with Gasteiger partial charge < -0.3 is 10.6 Å². The zero-order valence-corrected chi connectivity index (χ0v) is 12.5. The Kier molecular flexibility index (Phi) is 3.66. The van der Waals surface area contributed by atoms with Gasteiger partial charge in [0.15, 0.2) is 5.82 Å². The molecule has 3 nitrogen and oxygen atoms in total. The molecule has 19 heavy (non-hydrogen) atoms. The summed E-state index contributed by atoms with van der Waals surface area (Å²) < 4.78 is 4.29. The zero-order chi connectivity index (χ0) is 13.2. The predicted molar refractivity (Wildman–Crippen MR) is 84.3 cm³/mol. The van der Waals surface area contributed by atoms with Gasteiger partial charge in [0.05, 0.1) is 4.90 Å². The number of benzene rings is 1. The summed E-state index contributed by atoms with van der Waals surface area (Å²) in [5, 5.41) is 1.24. The van der Waals surface area contributed by atoms with E-state index < -0.39 is 0 Å². The highest BCUT2D eigenvalue weighted by Gasteiger charge is 2.27. The second-order valence-electron chi connectivity index (χ2n) is 4.75. The van der Waals surface area contributed by atoms with Crippen LogP contribution >= 0.6 is 23.3 Å². The molecule has 1 aromatic heterocycles. The van der Waals surface area contributed by atoms with E-state index in [1.54, 1.807) is 11.8 Å². The molecule has 0 bridgehead atoms. The quantitative estimate of drug-likeness (QED) is 0.880. The Morgan fingerprint density at radius 2 is 2.16 bits per heavy atom. The second-order valence-corrected chi connectivity index (χ2v) is 6.32. The van der Waals surface area contributed by atoms with Gasteiger partial charge in [0.2, 0.25) is 0 Å². The molecular formula is C14H17N3S2. The van der Waals surface area contributed by atoms with Crippen LogP contribution in [0.3, 0.4) is 0 Å². The van der Waals surface area contributed by atoms with Crippen LogP contribution in [0, 0.1) is 0 Å². The number of aromatic nitrogens is 1. The second kappa shape index (κ2) is 5.43. The number of thioether (sulfide) groups is 1. The molecule has 0 aliphatic carbocycles. The number of nitrogens with two attached hydrogens (primary N) is 1. The van der Waals surface area contributed by atoms with Crippen molar-refractivity contribution in [2.75, 3.05) is 30.0 Å². The minimum atomic E-state index is 0.624. The smallest absolute Gasteiger partial charge is 0.153 e. The van der Waals surface area contributed by atoms with Gasteiger partial charge in [-0.3, -0.25) is 0 Å². The predicted octanol–water partition coefficient (Wildman–Crippen LogP) is 3.44. The lowest BCUT2D eigenvalue weighted by Crippen LogP contribution is -2.18. The van der Waals surface area contributed by atoms with E-state index in [0.29, 0.717) is 11.7 Å². The van der Waals surface area contributed by atoms with Gasteiger partial charge in [-0.15, -0.1) is 11.8 Å². The highest BCUT2D eigenvalue weighted by molar-refractivity contribution is 7.99. The van der Waals surface area contributed by atoms with E-state index in [0.717, 1.165) is 18.0 Å². The molecule has 1 aliphatic rings. The van der Waals surface area contributed by atoms with Crippen molar-refractivity contribution in [3.63, 3.8) is 0 Å². The van der Waals surface area contributed by atoms with Gasteiger partial charge >= 0.3 is 0 Å². The third kappa shape index (κ3) is 2.44. The number of nitrogen functional groups attached to an aromatic ring is 1. The van der Waals surface area contributed by atoms with Crippen molar-refractivity contribution in [2.45, 2.75) is 17.2 Å². The van der Waals surface area contributed by atoms with Gasteiger partial charge in [-0.2, -0.15) is 4.37 Å². The summed E-state index contributed by atoms with van der Waals surface area (Å²) in [6.07, 6.45) is 3.27. The molecule has 1 aromatic carbocycles. The van der Waals surface area contributed by atoms with E-state index >= 15 is 0 Å². The number of hydrogen-bond acceptors (Lipinski definition) is 5. The summed E-state index contributed by atoms with van der Waals surface area (Å²) in [6, 6.07) is 10.8. The van der Waals surface area contributed by atoms with Crippen LogP contribution in [0.4, 0.5) is 10.8 Å². The molecule has 5 heteroatoms. The number of nitrogens with zero attached hydrogens (tertiary/aromatic N) is 2. The standard InChI is InChI=1S/C14H17N3S2/c1-18-12-13(15)16-19-14(12)17-8-7-11(9-17)10-5-3-2-4-6-10/h2-6,11H,7-9H2,1H3,(H2,15,16). The molecular weight excluding hydrogens is 274 g/mol. The molecule has 0 amide bonds. The Morgan fingerprint density at radius 3 is 2.89 bits per heavy atom. The first kappa shape index (κ1) is 12.8. The van der Waals surface area contributed by atoms with Gasteiger partial charge in [0, 0.05) is 19.0 Å². The molecule has 2 heterocycles. The maximum absolute atomic E-state index is 5.92. The maximum atomic E-state index is 5.92. The summed E-state index contributed by atoms with van der Waals surface area (Å²) in [4.78, 5) is 3.57. The molecule has 2 aromatic rings. The third-order valence-corrected chi connectivity index (χ3v) is 5.47. The average molecular weight is 291 g/mol. The lowest BCUT2D eigenvalue weighted by molar-refractivity contribution is 0.775. The first-order valence-electron chi connectivity index (χ1n) is 6.38. The third-order valence-electron chi connectivity index (χ3n) is 3.61. The highest BCUT2D eigenvalue weighted by Crippen LogP contribution is 2.41. The molecule has 1 fully saturated rings. The van der Waals surface area contributed by atoms with Crippen molar-refractivity contribution in [3.05, 3.63) is 35.9 Å². The molecule has 100 valence electrons. The normalized spacial score (nSPS) is 19.0. The highest BCUT2D eigenvalue weighted by atomic mass is 32.2. The van der Waals surface area contributed by atoms with E-state index in [1.165, 1.54) is 28.5 Å². The zero-order valence-electron chi connectivity index (χ0n) is 10.9. The first-order chi connectivity index (χ1) is 9.29. The van der Waals surface area contributed by atoms with Gasteiger partial charge in [-0.1, -0.05) is 30.3 Å². The van der Waals surface area contributed by atoms with Crippen LogP contribution in [-0.2, 0) is 0 Å². The fourth-order valence-electron chi connectivity index (χ4n) is 2.62. The van der Waals surface area contributed by atoms with Crippen LogP contribution in [-0.4, -0.2) is 23.7 Å². The molecule has 1 saturated heterocycles. The van der Waals surface area contributed by atoms with E-state index in [-0.39, 0.29) is 0 Å². The minimum absolute atomic E-state index is 0.624. The van der Waals surface area contributed by atoms with Crippen LogP contribution in [0.15, 0.2) is 35.2 Å². The van der Waals surface area contributed by atoms with E-state index in [2.05, 4.69) is 45.9 Å². The van der Waals surface area contributed by atoms with Crippen LogP contribution in [0.25, 0.3) is 0 Å². The topological polar surface area (TPSA) is 42.1 Å². The van der Waals surface area contributed by atoms with E-state index in [9.17, 15) is 0 Å². The summed E-state index contributed by atoms with van der Waals surface area (Å²) in [5.74, 6) is 1.30. The number of hydrogen-bond donors (Lipinski definition) is 1. The van der Waals surface area contributed by atoms with E-state index in [1.807, 2.05) is 0 Å². The summed E-state index contributed by atoms with van der Waals surface area (Å²) in [5.41, 5.74) is 7.36. The Morgan fingerprint density at radius 1 is 1.37 bits per heavy atom. The first-order valence-corrected chi connectivity index (χ1v) is 8.38. The van der Waals surface area contributed by atoms with Crippen molar-refractivity contribution in [2.24, 2.45) is 0 Å². The van der Waals surface area contributed by atoms with Crippen molar-refractivity contribution < 1.29 is 0 Å². The van der Waals surface area contributed by atoms with Crippen molar-refractivity contribution in [3.8, 4) is 0 Å². The molecule has 1 atom stereocenters. The summed E-state index contributed by atoms with van der Waals surface area (Å²) >= 11 is 3.22. The number of rotatable bonds is 3. The monoisotopic (exact) mass is 291 g/mol. The van der Waals surface area contributed by atoms with Gasteiger partial charge in [0.1, 0.15) is 5.00 Å².